The van der Waals surface area contributed by atoms with Gasteiger partial charge in [0.25, 0.3) is 5.91 Å². The topological polar surface area (TPSA) is 123 Å². The zero-order chi connectivity index (χ0) is 23.0. The first kappa shape index (κ1) is 24.0. The number of ether oxygens (including phenoxy) is 2. The average Bonchev–Trinajstić information content (AvgIpc) is 2.76. The molecule has 3 N–H and O–H groups in total. The molecule has 0 saturated carbocycles. The Bertz CT molecular complexity index is 1030. The zero-order valence-electron chi connectivity index (χ0n) is 16.6. The van der Waals surface area contributed by atoms with E-state index in [2.05, 4.69) is 20.1 Å². The summed E-state index contributed by atoms with van der Waals surface area (Å²) in [4.78, 5) is 24.2. The molecule has 0 fully saturated rings. The summed E-state index contributed by atoms with van der Waals surface area (Å²) < 4.78 is 59.5. The molecule has 0 aromatic heterocycles. The van der Waals surface area contributed by atoms with E-state index >= 15 is 0 Å². The van der Waals surface area contributed by atoms with Gasteiger partial charge in [-0.3, -0.25) is 9.59 Å². The monoisotopic (exact) mass is 457 g/mol. The third kappa shape index (κ3) is 6.89. The standard InChI is InChI=1S/C19H21F2N3O6S/c1-22-31(27,28)14-6-3-12(4-7-14)10-23-17(25)11-24-18(26)13-5-8-15(30-19(20)21)16(9-13)29-2/h3-9,19,22H,10-11H2,1-2H3,(H,23,25)(H,24,26). The van der Waals surface area contributed by atoms with Gasteiger partial charge in [0.15, 0.2) is 11.5 Å². The Kier molecular flexibility index (Phi) is 8.28. The molecule has 12 heteroatoms. The molecule has 0 atom stereocenters. The Hall–Kier alpha value is -3.25. The number of amides is 2. The lowest BCUT2D eigenvalue weighted by Crippen LogP contribution is -2.36. The van der Waals surface area contributed by atoms with E-state index in [0.29, 0.717) is 5.56 Å². The Morgan fingerprint density at radius 2 is 1.71 bits per heavy atom. The Morgan fingerprint density at radius 1 is 1.03 bits per heavy atom. The van der Waals surface area contributed by atoms with Crippen LogP contribution in [0.3, 0.4) is 0 Å². The fraction of sp³-hybridized carbons (Fsp3) is 0.263. The van der Waals surface area contributed by atoms with Crippen LogP contribution in [0.5, 0.6) is 11.5 Å². The van der Waals surface area contributed by atoms with Crippen molar-refractivity contribution in [2.24, 2.45) is 0 Å². The van der Waals surface area contributed by atoms with Crippen LogP contribution in [0, 0.1) is 0 Å². The van der Waals surface area contributed by atoms with Gasteiger partial charge in [-0.1, -0.05) is 12.1 Å². The van der Waals surface area contributed by atoms with Crippen LogP contribution in [-0.2, 0) is 21.4 Å². The molecule has 2 aromatic carbocycles. The van der Waals surface area contributed by atoms with Crippen molar-refractivity contribution in [2.75, 3.05) is 20.7 Å². The molecule has 0 saturated heterocycles. The first-order valence-corrected chi connectivity index (χ1v) is 10.3. The van der Waals surface area contributed by atoms with Gasteiger partial charge < -0.3 is 20.1 Å². The van der Waals surface area contributed by atoms with Crippen LogP contribution >= 0.6 is 0 Å². The van der Waals surface area contributed by atoms with E-state index in [9.17, 15) is 26.8 Å². The second-order valence-electron chi connectivity index (χ2n) is 6.06. The maximum Gasteiger partial charge on any atom is 0.387 e. The molecule has 0 aliphatic rings. The van der Waals surface area contributed by atoms with Crippen LogP contribution < -0.4 is 24.8 Å². The van der Waals surface area contributed by atoms with Gasteiger partial charge in [-0.15, -0.1) is 0 Å². The Labute approximate surface area is 177 Å². The van der Waals surface area contributed by atoms with Gasteiger partial charge in [-0.05, 0) is 42.9 Å². The lowest BCUT2D eigenvalue weighted by molar-refractivity contribution is -0.120. The molecule has 168 valence electrons. The summed E-state index contributed by atoms with van der Waals surface area (Å²) in [6.45, 7) is -3.24. The predicted molar refractivity (Wildman–Crippen MR) is 106 cm³/mol. The minimum atomic E-state index is -3.54. The summed E-state index contributed by atoms with van der Waals surface area (Å²) >= 11 is 0. The second kappa shape index (κ2) is 10.7. The average molecular weight is 457 g/mol. The molecule has 0 aliphatic carbocycles. The lowest BCUT2D eigenvalue weighted by Gasteiger charge is -2.12. The fourth-order valence-electron chi connectivity index (χ4n) is 2.43. The van der Waals surface area contributed by atoms with E-state index in [1.165, 1.54) is 38.4 Å². The number of carbonyl (C=O) groups is 2. The molecule has 0 bridgehead atoms. The van der Waals surface area contributed by atoms with Gasteiger partial charge in [0.1, 0.15) is 0 Å². The number of alkyl halides is 2. The van der Waals surface area contributed by atoms with Crippen LogP contribution in [0.4, 0.5) is 8.78 Å². The van der Waals surface area contributed by atoms with E-state index in [-0.39, 0.29) is 35.0 Å². The molecular weight excluding hydrogens is 436 g/mol. The summed E-state index contributed by atoms with van der Waals surface area (Å²) in [7, 11) is -0.999. The molecule has 2 rings (SSSR count). The van der Waals surface area contributed by atoms with Crippen LogP contribution in [-0.4, -0.2) is 47.5 Å². The number of methoxy groups -OCH3 is 1. The highest BCUT2D eigenvalue weighted by molar-refractivity contribution is 7.89. The molecule has 9 nitrogen and oxygen atoms in total. The largest absolute Gasteiger partial charge is 0.493 e. The molecule has 31 heavy (non-hydrogen) atoms. The number of nitrogens with one attached hydrogen (secondary N) is 3. The minimum Gasteiger partial charge on any atom is -0.493 e. The van der Waals surface area contributed by atoms with E-state index in [4.69, 9.17) is 4.74 Å². The maximum atomic E-state index is 12.4. The van der Waals surface area contributed by atoms with Crippen LogP contribution in [0.25, 0.3) is 0 Å². The molecule has 0 unspecified atom stereocenters. The molecule has 2 amide bonds. The van der Waals surface area contributed by atoms with E-state index < -0.39 is 28.4 Å². The van der Waals surface area contributed by atoms with Crippen molar-refractivity contribution in [2.45, 2.75) is 18.1 Å². The summed E-state index contributed by atoms with van der Waals surface area (Å²) in [5, 5.41) is 4.98. The van der Waals surface area contributed by atoms with Crippen molar-refractivity contribution in [3.63, 3.8) is 0 Å². The quantitative estimate of drug-likeness (QED) is 0.494. The van der Waals surface area contributed by atoms with Crippen molar-refractivity contribution < 1.29 is 36.3 Å². The molecular formula is C19H21F2N3O6S. The number of halogens is 2. The Balaban J connectivity index is 1.87. The Morgan fingerprint density at radius 3 is 2.29 bits per heavy atom. The van der Waals surface area contributed by atoms with Crippen molar-refractivity contribution >= 4 is 21.8 Å². The van der Waals surface area contributed by atoms with Gasteiger partial charge in [-0.25, -0.2) is 13.1 Å². The van der Waals surface area contributed by atoms with Crippen LogP contribution in [0.2, 0.25) is 0 Å². The number of hydrogen-bond donors (Lipinski definition) is 3. The molecule has 0 aliphatic heterocycles. The van der Waals surface area contributed by atoms with Gasteiger partial charge in [0, 0.05) is 12.1 Å². The molecule has 2 aromatic rings. The molecule has 0 radical (unpaired) electrons. The number of sulfonamides is 1. The highest BCUT2D eigenvalue weighted by atomic mass is 32.2. The first-order chi connectivity index (χ1) is 14.7. The highest BCUT2D eigenvalue weighted by Crippen LogP contribution is 2.29. The van der Waals surface area contributed by atoms with Crippen LogP contribution in [0.1, 0.15) is 15.9 Å². The number of hydrogen-bond acceptors (Lipinski definition) is 6. The molecule has 0 spiro atoms. The van der Waals surface area contributed by atoms with E-state index in [1.54, 1.807) is 12.1 Å². The number of rotatable bonds is 10. The molecule has 0 heterocycles. The third-order valence-corrected chi connectivity index (χ3v) is 5.47. The second-order valence-corrected chi connectivity index (χ2v) is 7.94. The summed E-state index contributed by atoms with van der Waals surface area (Å²) in [6.07, 6.45) is 0. The SMILES string of the molecule is CNS(=O)(=O)c1ccc(CNC(=O)CNC(=O)c2ccc(OC(F)F)c(OC)c2)cc1. The number of benzene rings is 2. The van der Waals surface area contributed by atoms with Gasteiger partial charge in [-0.2, -0.15) is 8.78 Å². The van der Waals surface area contributed by atoms with Gasteiger partial charge in [0.2, 0.25) is 15.9 Å². The van der Waals surface area contributed by atoms with Crippen LogP contribution in [0.15, 0.2) is 47.4 Å². The lowest BCUT2D eigenvalue weighted by atomic mass is 10.2. The maximum absolute atomic E-state index is 12.4. The van der Waals surface area contributed by atoms with E-state index in [0.717, 1.165) is 6.07 Å². The highest BCUT2D eigenvalue weighted by Gasteiger charge is 2.15. The van der Waals surface area contributed by atoms with E-state index in [1.807, 2.05) is 0 Å². The summed E-state index contributed by atoms with van der Waals surface area (Å²) in [6, 6.07) is 9.56. The van der Waals surface area contributed by atoms with Gasteiger partial charge >= 0.3 is 6.61 Å². The van der Waals surface area contributed by atoms with Crippen molar-refractivity contribution in [3.8, 4) is 11.5 Å². The minimum absolute atomic E-state index is 0.0545. The fourth-order valence-corrected chi connectivity index (χ4v) is 3.16. The zero-order valence-corrected chi connectivity index (χ0v) is 17.5. The van der Waals surface area contributed by atoms with Crippen molar-refractivity contribution in [3.05, 3.63) is 53.6 Å². The third-order valence-electron chi connectivity index (χ3n) is 4.04. The number of carbonyl (C=O) groups excluding carboxylic acids is 2. The normalized spacial score (nSPS) is 11.1. The van der Waals surface area contributed by atoms with Crippen molar-refractivity contribution in [1.82, 2.24) is 15.4 Å². The smallest absolute Gasteiger partial charge is 0.387 e. The van der Waals surface area contributed by atoms with Gasteiger partial charge in [0.05, 0.1) is 18.6 Å². The summed E-state index contributed by atoms with van der Waals surface area (Å²) in [5.74, 6) is -1.37. The predicted octanol–water partition coefficient (Wildman–Crippen LogP) is 1.25. The summed E-state index contributed by atoms with van der Waals surface area (Å²) in [5.41, 5.74) is 0.752. The first-order valence-electron chi connectivity index (χ1n) is 8.86. The van der Waals surface area contributed by atoms with Crippen molar-refractivity contribution in [1.29, 1.82) is 0 Å².